The van der Waals surface area contributed by atoms with Crippen LogP contribution in [0.3, 0.4) is 0 Å². The van der Waals surface area contributed by atoms with Gasteiger partial charge in [0.25, 0.3) is 0 Å². The Labute approximate surface area is 150 Å². The van der Waals surface area contributed by atoms with Crippen molar-refractivity contribution < 1.29 is 5.11 Å². The number of fused-ring (bicyclic) bond motifs is 2. The number of rotatable bonds is 2. The number of nitrogens with zero attached hydrogens (tertiary/aromatic N) is 5. The van der Waals surface area contributed by atoms with Gasteiger partial charge in [0.15, 0.2) is 11.5 Å². The molecular formula is C20H19N5O. The summed E-state index contributed by atoms with van der Waals surface area (Å²) in [5.41, 5.74) is 3.87. The highest BCUT2D eigenvalue weighted by Gasteiger charge is 2.21. The minimum Gasteiger partial charge on any atom is -0.393 e. The van der Waals surface area contributed by atoms with Crippen molar-refractivity contribution in [3.8, 4) is 11.3 Å². The smallest absolute Gasteiger partial charge is 0.180 e. The van der Waals surface area contributed by atoms with Crippen LogP contribution in [0.5, 0.6) is 0 Å². The minimum atomic E-state index is -0.206. The Hall–Kier alpha value is -2.99. The number of pyridine rings is 1. The minimum absolute atomic E-state index is 0.206. The van der Waals surface area contributed by atoms with Gasteiger partial charge in [-0.15, -0.1) is 0 Å². The first kappa shape index (κ1) is 15.3. The van der Waals surface area contributed by atoms with E-state index in [-0.39, 0.29) is 6.10 Å². The molecule has 1 aromatic carbocycles. The molecule has 1 aliphatic rings. The Morgan fingerprint density at radius 2 is 1.81 bits per heavy atom. The number of imidazole rings is 1. The second-order valence-corrected chi connectivity index (χ2v) is 6.69. The van der Waals surface area contributed by atoms with E-state index in [4.69, 9.17) is 0 Å². The monoisotopic (exact) mass is 345 g/mol. The number of aliphatic hydroxyl groups is 1. The molecule has 0 unspecified atom stereocenters. The lowest BCUT2D eigenvalue weighted by Gasteiger charge is -2.30. The number of hydrogen-bond donors (Lipinski definition) is 1. The van der Waals surface area contributed by atoms with Gasteiger partial charge in [0.1, 0.15) is 0 Å². The van der Waals surface area contributed by atoms with E-state index in [1.165, 1.54) is 0 Å². The third-order valence-electron chi connectivity index (χ3n) is 5.08. The molecule has 4 heterocycles. The third kappa shape index (κ3) is 2.42. The molecule has 1 aliphatic heterocycles. The van der Waals surface area contributed by atoms with Crippen LogP contribution < -0.4 is 4.90 Å². The first-order valence-corrected chi connectivity index (χ1v) is 8.90. The third-order valence-corrected chi connectivity index (χ3v) is 5.08. The highest BCUT2D eigenvalue weighted by Crippen LogP contribution is 2.30. The Morgan fingerprint density at radius 3 is 2.69 bits per heavy atom. The van der Waals surface area contributed by atoms with Crippen LogP contribution >= 0.6 is 0 Å². The van der Waals surface area contributed by atoms with Gasteiger partial charge in [-0.05, 0) is 18.9 Å². The lowest BCUT2D eigenvalue weighted by Crippen LogP contribution is -2.36. The van der Waals surface area contributed by atoms with Gasteiger partial charge in [-0.2, -0.15) is 0 Å². The summed E-state index contributed by atoms with van der Waals surface area (Å²) >= 11 is 0. The summed E-state index contributed by atoms with van der Waals surface area (Å²) in [6, 6.07) is 10.2. The van der Waals surface area contributed by atoms with E-state index in [2.05, 4.69) is 42.5 Å². The van der Waals surface area contributed by atoms with Gasteiger partial charge in [0.05, 0.1) is 23.5 Å². The first-order chi connectivity index (χ1) is 12.8. The molecule has 0 spiro atoms. The second kappa shape index (κ2) is 6.07. The van der Waals surface area contributed by atoms with Crippen LogP contribution in [0.15, 0.2) is 55.1 Å². The van der Waals surface area contributed by atoms with Crippen molar-refractivity contribution in [2.24, 2.45) is 0 Å². The predicted octanol–water partition coefficient (Wildman–Crippen LogP) is 2.91. The van der Waals surface area contributed by atoms with Gasteiger partial charge in [-0.1, -0.05) is 24.3 Å². The van der Waals surface area contributed by atoms with E-state index >= 15 is 0 Å². The molecule has 0 atom stereocenters. The molecule has 0 aliphatic carbocycles. The number of aromatic nitrogens is 4. The maximum Gasteiger partial charge on any atom is 0.180 e. The molecule has 4 aromatic rings. The fourth-order valence-corrected chi connectivity index (χ4v) is 3.72. The van der Waals surface area contributed by atoms with E-state index in [0.29, 0.717) is 0 Å². The van der Waals surface area contributed by atoms with Crippen LogP contribution in [0, 0.1) is 0 Å². The fraction of sp³-hybridized carbons (Fsp3) is 0.250. The SMILES string of the molecule is OC1CCN(c2nccn3c(-c4cccc5cccnc45)cnc23)CC1. The van der Waals surface area contributed by atoms with Crippen LogP contribution in [0.25, 0.3) is 27.8 Å². The largest absolute Gasteiger partial charge is 0.393 e. The van der Waals surface area contributed by atoms with Crippen LogP contribution in [0.2, 0.25) is 0 Å². The molecule has 1 saturated heterocycles. The summed E-state index contributed by atoms with van der Waals surface area (Å²) in [6.45, 7) is 1.59. The fourth-order valence-electron chi connectivity index (χ4n) is 3.72. The summed E-state index contributed by atoms with van der Waals surface area (Å²) in [6.07, 6.45) is 8.80. The number of hydrogen-bond acceptors (Lipinski definition) is 5. The molecule has 130 valence electrons. The van der Waals surface area contributed by atoms with Crippen molar-refractivity contribution in [3.63, 3.8) is 0 Å². The summed E-state index contributed by atoms with van der Waals surface area (Å²) in [4.78, 5) is 16.0. The van der Waals surface area contributed by atoms with Crippen LogP contribution in [-0.2, 0) is 0 Å². The van der Waals surface area contributed by atoms with Gasteiger partial charge in [-0.3, -0.25) is 9.38 Å². The van der Waals surface area contributed by atoms with Gasteiger partial charge in [-0.25, -0.2) is 9.97 Å². The van der Waals surface area contributed by atoms with Crippen molar-refractivity contribution in [2.45, 2.75) is 18.9 Å². The number of aliphatic hydroxyl groups excluding tert-OH is 1. The number of piperidine rings is 1. The molecule has 0 bridgehead atoms. The number of anilines is 1. The van der Waals surface area contributed by atoms with Crippen LogP contribution in [0.1, 0.15) is 12.8 Å². The van der Waals surface area contributed by atoms with Crippen molar-refractivity contribution in [1.82, 2.24) is 19.4 Å². The van der Waals surface area contributed by atoms with Crippen molar-refractivity contribution in [2.75, 3.05) is 18.0 Å². The van der Waals surface area contributed by atoms with Crippen molar-refractivity contribution in [1.29, 1.82) is 0 Å². The quantitative estimate of drug-likeness (QED) is 0.605. The van der Waals surface area contributed by atoms with E-state index in [1.807, 2.05) is 36.9 Å². The Bertz CT molecular complexity index is 1080. The summed E-state index contributed by atoms with van der Waals surface area (Å²) < 4.78 is 2.08. The van der Waals surface area contributed by atoms with Gasteiger partial charge in [0.2, 0.25) is 0 Å². The van der Waals surface area contributed by atoms with Crippen LogP contribution in [-0.4, -0.2) is 43.7 Å². The zero-order valence-corrected chi connectivity index (χ0v) is 14.3. The summed E-state index contributed by atoms with van der Waals surface area (Å²) in [5, 5.41) is 10.9. The average Bonchev–Trinajstić information content (AvgIpc) is 3.12. The summed E-state index contributed by atoms with van der Waals surface area (Å²) in [5.74, 6) is 0.874. The lowest BCUT2D eigenvalue weighted by molar-refractivity contribution is 0.145. The van der Waals surface area contributed by atoms with Gasteiger partial charge >= 0.3 is 0 Å². The Kier molecular flexibility index (Phi) is 3.57. The highest BCUT2D eigenvalue weighted by molar-refractivity contribution is 5.93. The van der Waals surface area contributed by atoms with Crippen molar-refractivity contribution >= 4 is 22.4 Å². The molecule has 0 radical (unpaired) electrons. The second-order valence-electron chi connectivity index (χ2n) is 6.69. The zero-order valence-electron chi connectivity index (χ0n) is 14.3. The van der Waals surface area contributed by atoms with E-state index in [0.717, 1.165) is 59.6 Å². The Balaban J connectivity index is 1.65. The molecule has 1 N–H and O–H groups in total. The maximum atomic E-state index is 9.77. The van der Waals surface area contributed by atoms with Crippen LogP contribution in [0.4, 0.5) is 5.82 Å². The molecule has 0 saturated carbocycles. The molecule has 6 heteroatoms. The zero-order chi connectivity index (χ0) is 17.5. The summed E-state index contributed by atoms with van der Waals surface area (Å²) in [7, 11) is 0. The molecule has 6 nitrogen and oxygen atoms in total. The first-order valence-electron chi connectivity index (χ1n) is 8.90. The average molecular weight is 345 g/mol. The van der Waals surface area contributed by atoms with E-state index in [1.54, 1.807) is 0 Å². The number of benzene rings is 1. The molecule has 26 heavy (non-hydrogen) atoms. The maximum absolute atomic E-state index is 9.77. The van der Waals surface area contributed by atoms with Gasteiger partial charge < -0.3 is 10.0 Å². The van der Waals surface area contributed by atoms with E-state index in [9.17, 15) is 5.11 Å². The normalized spacial score (nSPS) is 15.8. The molecule has 3 aromatic heterocycles. The molecular weight excluding hydrogens is 326 g/mol. The molecule has 0 amide bonds. The molecule has 5 rings (SSSR count). The highest BCUT2D eigenvalue weighted by atomic mass is 16.3. The number of para-hydroxylation sites is 1. The topological polar surface area (TPSA) is 66.5 Å². The standard InChI is InChI=1S/C20H19N5O/c26-15-6-10-24(11-7-15)19-20-23-13-17(25(20)12-9-22-19)16-5-1-3-14-4-2-8-21-18(14)16/h1-5,8-9,12-13,15,26H,6-7,10-11H2. The Morgan fingerprint density at radius 1 is 0.962 bits per heavy atom. The lowest BCUT2D eigenvalue weighted by atomic mass is 10.1. The van der Waals surface area contributed by atoms with Gasteiger partial charge in [0, 0.05) is 42.6 Å². The molecule has 1 fully saturated rings. The van der Waals surface area contributed by atoms with Crippen molar-refractivity contribution in [3.05, 3.63) is 55.1 Å². The predicted molar refractivity (Wildman–Crippen MR) is 101 cm³/mol. The van der Waals surface area contributed by atoms with E-state index < -0.39 is 0 Å².